The first-order chi connectivity index (χ1) is 13.3. The summed E-state index contributed by atoms with van der Waals surface area (Å²) in [5.41, 5.74) is 3.18. The molecule has 9 nitrogen and oxygen atoms in total. The van der Waals surface area contributed by atoms with E-state index in [1.807, 2.05) is 4.90 Å². The molecule has 0 aromatic carbocycles. The third-order valence-corrected chi connectivity index (χ3v) is 6.49. The van der Waals surface area contributed by atoms with Gasteiger partial charge in [-0.3, -0.25) is 25.2 Å². The van der Waals surface area contributed by atoms with E-state index in [-0.39, 0.29) is 12.5 Å². The van der Waals surface area contributed by atoms with Gasteiger partial charge in [-0.15, -0.1) is 0 Å². The monoisotopic (exact) mass is 380 g/mol. The Balaban J connectivity index is 1.08. The molecule has 4 N–H and O–H groups in total. The van der Waals surface area contributed by atoms with Crippen LogP contribution in [0.1, 0.15) is 25.7 Å². The number of hydrogen-bond donors (Lipinski definition) is 4. The molecule has 4 aliphatic heterocycles. The van der Waals surface area contributed by atoms with Gasteiger partial charge >= 0.3 is 0 Å². The first kappa shape index (κ1) is 18.2. The van der Waals surface area contributed by atoms with E-state index in [1.165, 1.54) is 0 Å². The third kappa shape index (κ3) is 4.14. The summed E-state index contributed by atoms with van der Waals surface area (Å²) in [6.07, 6.45) is 4.72. The van der Waals surface area contributed by atoms with E-state index in [9.17, 15) is 4.79 Å². The lowest BCUT2D eigenvalue weighted by molar-refractivity contribution is -0.135. The lowest BCUT2D eigenvalue weighted by Gasteiger charge is -2.38. The number of carbonyl (C=O) groups is 1. The second-order valence-electron chi connectivity index (χ2n) is 8.55. The average molecular weight is 380 g/mol. The van der Waals surface area contributed by atoms with Crippen LogP contribution in [0.4, 0.5) is 0 Å². The molecule has 5 rings (SSSR count). The predicted octanol–water partition coefficient (Wildman–Crippen LogP) is -1.41. The number of ether oxygens (including phenoxy) is 1. The van der Waals surface area contributed by atoms with E-state index in [2.05, 4.69) is 26.3 Å². The van der Waals surface area contributed by atoms with Crippen molar-refractivity contribution in [2.45, 2.75) is 50.4 Å². The summed E-state index contributed by atoms with van der Waals surface area (Å²) in [6.45, 7) is 6.06. The Hall–Kier alpha value is -0.810. The maximum absolute atomic E-state index is 12.2. The van der Waals surface area contributed by atoms with Crippen LogP contribution >= 0.6 is 0 Å². The van der Waals surface area contributed by atoms with Gasteiger partial charge in [-0.25, -0.2) is 0 Å². The van der Waals surface area contributed by atoms with Crippen LogP contribution in [-0.2, 0) is 14.4 Å². The molecule has 5 aliphatic rings. The minimum atomic E-state index is 0.0326. The predicted molar refractivity (Wildman–Crippen MR) is 98.1 cm³/mol. The molecule has 0 bridgehead atoms. The number of piperidine rings is 1. The zero-order valence-electron chi connectivity index (χ0n) is 15.9. The zero-order chi connectivity index (χ0) is 18.2. The summed E-state index contributed by atoms with van der Waals surface area (Å²) in [4.78, 5) is 22.5. The minimum absolute atomic E-state index is 0.0326. The molecule has 4 atom stereocenters. The van der Waals surface area contributed by atoms with Gasteiger partial charge in [0, 0.05) is 38.0 Å². The van der Waals surface area contributed by atoms with Gasteiger partial charge in [0.15, 0.2) is 0 Å². The van der Waals surface area contributed by atoms with Crippen molar-refractivity contribution >= 4 is 5.91 Å². The number of nitrogens with zero attached hydrogens (tertiary/aromatic N) is 2. The van der Waals surface area contributed by atoms with Crippen LogP contribution in [0, 0.1) is 11.8 Å². The van der Waals surface area contributed by atoms with Gasteiger partial charge in [-0.2, -0.15) is 5.48 Å². The number of amides is 1. The molecule has 27 heavy (non-hydrogen) atoms. The molecule has 1 saturated carbocycles. The van der Waals surface area contributed by atoms with Crippen LogP contribution in [0.5, 0.6) is 0 Å². The molecule has 0 aromatic heterocycles. The van der Waals surface area contributed by atoms with Gasteiger partial charge in [0.05, 0.1) is 25.4 Å². The lowest BCUT2D eigenvalue weighted by atomic mass is 9.93. The van der Waals surface area contributed by atoms with Crippen molar-refractivity contribution in [2.24, 2.45) is 11.8 Å². The highest BCUT2D eigenvalue weighted by Crippen LogP contribution is 2.31. The average Bonchev–Trinajstić information content (AvgIpc) is 3.41. The SMILES string of the molecule is O=C(C1CC1)N1CCN(C2NOC(C3CCNC(NC4COC4)C3)N2)CC1. The minimum Gasteiger partial charge on any atom is -0.378 e. The summed E-state index contributed by atoms with van der Waals surface area (Å²) in [5.74, 6) is 1.15. The Kier molecular flexibility index (Phi) is 5.34. The van der Waals surface area contributed by atoms with Gasteiger partial charge < -0.3 is 15.0 Å². The maximum atomic E-state index is 12.2. The van der Waals surface area contributed by atoms with E-state index in [0.717, 1.165) is 71.6 Å². The summed E-state index contributed by atoms with van der Waals surface area (Å²) in [7, 11) is 0. The normalized spacial score (nSPS) is 38.7. The molecule has 9 heteroatoms. The Bertz CT molecular complexity index is 535. The summed E-state index contributed by atoms with van der Waals surface area (Å²) in [5, 5.41) is 10.8. The van der Waals surface area contributed by atoms with Crippen molar-refractivity contribution in [3.8, 4) is 0 Å². The van der Waals surface area contributed by atoms with Gasteiger partial charge in [0.1, 0.15) is 12.5 Å². The first-order valence-corrected chi connectivity index (χ1v) is 10.5. The van der Waals surface area contributed by atoms with E-state index < -0.39 is 0 Å². The molecule has 4 saturated heterocycles. The number of piperazine rings is 1. The van der Waals surface area contributed by atoms with Crippen molar-refractivity contribution in [1.29, 1.82) is 0 Å². The molecule has 1 aliphatic carbocycles. The number of hydroxylamine groups is 1. The van der Waals surface area contributed by atoms with Gasteiger partial charge in [-0.1, -0.05) is 0 Å². The van der Waals surface area contributed by atoms with Gasteiger partial charge in [0.25, 0.3) is 0 Å². The molecule has 5 fully saturated rings. The molecular formula is C18H32N6O3. The highest BCUT2D eigenvalue weighted by Gasteiger charge is 2.39. The van der Waals surface area contributed by atoms with Crippen LogP contribution in [0.25, 0.3) is 0 Å². The lowest BCUT2D eigenvalue weighted by Crippen LogP contribution is -2.60. The first-order valence-electron chi connectivity index (χ1n) is 10.5. The molecule has 1 amide bonds. The second kappa shape index (κ2) is 7.90. The Morgan fingerprint density at radius 2 is 1.89 bits per heavy atom. The second-order valence-corrected chi connectivity index (χ2v) is 8.55. The van der Waals surface area contributed by atoms with Crippen molar-refractivity contribution < 1.29 is 14.4 Å². The molecule has 0 spiro atoms. The number of hydrogen-bond acceptors (Lipinski definition) is 8. The van der Waals surface area contributed by atoms with Crippen molar-refractivity contribution in [3.05, 3.63) is 0 Å². The van der Waals surface area contributed by atoms with E-state index >= 15 is 0 Å². The quantitative estimate of drug-likeness (QED) is 0.463. The van der Waals surface area contributed by atoms with Crippen LogP contribution in [0.2, 0.25) is 0 Å². The standard InChI is InChI=1S/C18H32N6O3/c25-17(12-1-2-12)23-5-7-24(8-6-23)18-21-16(27-22-18)13-3-4-19-15(9-13)20-14-10-26-11-14/h12-16,18-22H,1-11H2. The van der Waals surface area contributed by atoms with E-state index in [4.69, 9.17) is 9.57 Å². The van der Waals surface area contributed by atoms with Gasteiger partial charge in [0.2, 0.25) is 5.91 Å². The van der Waals surface area contributed by atoms with Crippen molar-refractivity contribution in [1.82, 2.24) is 31.2 Å². The van der Waals surface area contributed by atoms with E-state index in [0.29, 0.717) is 30.0 Å². The molecule has 0 radical (unpaired) electrons. The largest absolute Gasteiger partial charge is 0.378 e. The van der Waals surface area contributed by atoms with Crippen LogP contribution in [0.15, 0.2) is 0 Å². The van der Waals surface area contributed by atoms with Crippen LogP contribution < -0.4 is 21.4 Å². The molecule has 0 aromatic rings. The van der Waals surface area contributed by atoms with Crippen molar-refractivity contribution in [3.63, 3.8) is 0 Å². The summed E-state index contributed by atoms with van der Waals surface area (Å²) in [6, 6.07) is 0.485. The Morgan fingerprint density at radius 1 is 1.07 bits per heavy atom. The summed E-state index contributed by atoms with van der Waals surface area (Å²) < 4.78 is 5.26. The highest BCUT2D eigenvalue weighted by molar-refractivity contribution is 5.81. The van der Waals surface area contributed by atoms with Crippen LogP contribution in [0.3, 0.4) is 0 Å². The fourth-order valence-corrected chi connectivity index (χ4v) is 4.53. The number of carbonyl (C=O) groups excluding carboxylic acids is 1. The zero-order valence-corrected chi connectivity index (χ0v) is 15.9. The van der Waals surface area contributed by atoms with Gasteiger partial charge in [-0.05, 0) is 32.2 Å². The third-order valence-electron chi connectivity index (χ3n) is 6.49. The Labute approximate surface area is 160 Å². The summed E-state index contributed by atoms with van der Waals surface area (Å²) >= 11 is 0. The molecule has 4 unspecified atom stereocenters. The molecule has 4 heterocycles. The highest BCUT2D eigenvalue weighted by atomic mass is 16.7. The van der Waals surface area contributed by atoms with E-state index in [1.54, 1.807) is 0 Å². The number of nitrogens with one attached hydrogen (secondary N) is 4. The Morgan fingerprint density at radius 3 is 2.59 bits per heavy atom. The maximum Gasteiger partial charge on any atom is 0.225 e. The molecule has 152 valence electrons. The van der Waals surface area contributed by atoms with Crippen molar-refractivity contribution in [2.75, 3.05) is 45.9 Å². The fraction of sp³-hybridized carbons (Fsp3) is 0.944. The van der Waals surface area contributed by atoms with Crippen LogP contribution in [-0.4, -0.2) is 86.4 Å². The smallest absolute Gasteiger partial charge is 0.225 e. The topological polar surface area (TPSA) is 90.1 Å². The fourth-order valence-electron chi connectivity index (χ4n) is 4.53. The number of rotatable bonds is 5. The molecular weight excluding hydrogens is 348 g/mol.